The highest BCUT2D eigenvalue weighted by Crippen LogP contribution is 2.28. The summed E-state index contributed by atoms with van der Waals surface area (Å²) in [7, 11) is 0. The van der Waals surface area contributed by atoms with Gasteiger partial charge < -0.3 is 14.6 Å². The number of aliphatic hydroxyl groups is 1. The first-order valence-electron chi connectivity index (χ1n) is 8.91. The molecule has 0 unspecified atom stereocenters. The van der Waals surface area contributed by atoms with Gasteiger partial charge in [-0.25, -0.2) is 0 Å². The minimum Gasteiger partial charge on any atom is -0.461 e. The van der Waals surface area contributed by atoms with Crippen LogP contribution in [-0.4, -0.2) is 23.1 Å². The second kappa shape index (κ2) is 9.14. The van der Waals surface area contributed by atoms with Crippen LogP contribution in [0.2, 0.25) is 0 Å². The van der Waals surface area contributed by atoms with Gasteiger partial charge in [-0.1, -0.05) is 72.8 Å². The Hall–Kier alpha value is -2.92. The number of ether oxygens (including phenoxy) is 2. The van der Waals surface area contributed by atoms with Crippen molar-refractivity contribution in [2.45, 2.75) is 25.7 Å². The SMILES string of the molecule is O=C(OCc1ccccc1)[C@@H]1C=C[C@H](O)C[C@H]1C(=O)OCc1ccccc1. The Morgan fingerprint density at radius 2 is 1.33 bits per heavy atom. The van der Waals surface area contributed by atoms with Gasteiger partial charge in [0.05, 0.1) is 17.9 Å². The predicted octanol–water partition coefficient (Wildman–Crippen LogP) is 3.03. The Balaban J connectivity index is 1.61. The van der Waals surface area contributed by atoms with E-state index in [0.29, 0.717) is 0 Å². The fourth-order valence-electron chi connectivity index (χ4n) is 3.01. The van der Waals surface area contributed by atoms with Gasteiger partial charge in [0.2, 0.25) is 0 Å². The largest absolute Gasteiger partial charge is 0.461 e. The van der Waals surface area contributed by atoms with E-state index in [2.05, 4.69) is 0 Å². The molecule has 0 aliphatic heterocycles. The van der Waals surface area contributed by atoms with Crippen molar-refractivity contribution < 1.29 is 24.2 Å². The van der Waals surface area contributed by atoms with Crippen LogP contribution in [-0.2, 0) is 32.3 Å². The van der Waals surface area contributed by atoms with Gasteiger partial charge >= 0.3 is 11.9 Å². The first kappa shape index (κ1) is 18.9. The summed E-state index contributed by atoms with van der Waals surface area (Å²) in [6, 6.07) is 18.6. The summed E-state index contributed by atoms with van der Waals surface area (Å²) in [5, 5.41) is 9.87. The van der Waals surface area contributed by atoms with Crippen LogP contribution in [0.5, 0.6) is 0 Å². The van der Waals surface area contributed by atoms with E-state index in [1.807, 2.05) is 60.7 Å². The first-order chi connectivity index (χ1) is 13.1. The lowest BCUT2D eigenvalue weighted by molar-refractivity contribution is -0.161. The molecule has 0 bridgehead atoms. The van der Waals surface area contributed by atoms with Crippen LogP contribution in [0.15, 0.2) is 72.8 Å². The highest BCUT2D eigenvalue weighted by molar-refractivity contribution is 5.84. The molecular weight excluding hydrogens is 344 g/mol. The fourth-order valence-corrected chi connectivity index (χ4v) is 3.01. The molecular formula is C22H22O5. The van der Waals surface area contributed by atoms with Crippen molar-refractivity contribution in [1.82, 2.24) is 0 Å². The number of carbonyl (C=O) groups excluding carboxylic acids is 2. The Kier molecular flexibility index (Phi) is 6.39. The monoisotopic (exact) mass is 366 g/mol. The maximum atomic E-state index is 12.5. The van der Waals surface area contributed by atoms with Crippen LogP contribution in [0, 0.1) is 11.8 Å². The molecule has 3 rings (SSSR count). The van der Waals surface area contributed by atoms with Crippen molar-refractivity contribution in [2.24, 2.45) is 11.8 Å². The Morgan fingerprint density at radius 1 is 0.815 bits per heavy atom. The van der Waals surface area contributed by atoms with Crippen LogP contribution in [0.4, 0.5) is 0 Å². The highest BCUT2D eigenvalue weighted by Gasteiger charge is 2.38. The van der Waals surface area contributed by atoms with Gasteiger partial charge in [0.25, 0.3) is 0 Å². The summed E-state index contributed by atoms with van der Waals surface area (Å²) in [5.74, 6) is -2.54. The van der Waals surface area contributed by atoms with Gasteiger partial charge in [0.15, 0.2) is 0 Å². The summed E-state index contributed by atoms with van der Waals surface area (Å²) in [5.41, 5.74) is 1.73. The van der Waals surface area contributed by atoms with Crippen molar-refractivity contribution in [3.63, 3.8) is 0 Å². The first-order valence-corrected chi connectivity index (χ1v) is 8.91. The zero-order valence-corrected chi connectivity index (χ0v) is 14.9. The average Bonchev–Trinajstić information content (AvgIpc) is 2.71. The molecule has 0 aromatic heterocycles. The summed E-state index contributed by atoms with van der Waals surface area (Å²) in [6.45, 7) is 0.264. The lowest BCUT2D eigenvalue weighted by atomic mass is 9.82. The van der Waals surface area contributed by atoms with Crippen LogP contribution >= 0.6 is 0 Å². The molecule has 5 heteroatoms. The molecule has 0 radical (unpaired) electrons. The second-order valence-electron chi connectivity index (χ2n) is 6.51. The average molecular weight is 366 g/mol. The molecule has 0 saturated heterocycles. The lowest BCUT2D eigenvalue weighted by Crippen LogP contribution is -2.36. The van der Waals surface area contributed by atoms with E-state index in [1.54, 1.807) is 0 Å². The Bertz CT molecular complexity index is 785. The molecule has 0 heterocycles. The molecule has 1 aliphatic carbocycles. The minimum absolute atomic E-state index is 0.127. The van der Waals surface area contributed by atoms with E-state index >= 15 is 0 Å². The number of hydrogen-bond acceptors (Lipinski definition) is 5. The minimum atomic E-state index is -0.780. The van der Waals surface area contributed by atoms with Crippen LogP contribution < -0.4 is 0 Å². The van der Waals surface area contributed by atoms with Crippen LogP contribution in [0.3, 0.4) is 0 Å². The molecule has 2 aromatic rings. The Labute approximate surface area is 158 Å². The zero-order chi connectivity index (χ0) is 19.1. The molecule has 27 heavy (non-hydrogen) atoms. The van der Waals surface area contributed by atoms with E-state index in [4.69, 9.17) is 9.47 Å². The van der Waals surface area contributed by atoms with Gasteiger partial charge in [0.1, 0.15) is 13.2 Å². The van der Waals surface area contributed by atoms with E-state index in [0.717, 1.165) is 11.1 Å². The van der Waals surface area contributed by atoms with Crippen molar-refractivity contribution in [1.29, 1.82) is 0 Å². The van der Waals surface area contributed by atoms with Gasteiger partial charge in [-0.05, 0) is 17.5 Å². The number of benzene rings is 2. The quantitative estimate of drug-likeness (QED) is 0.628. The van der Waals surface area contributed by atoms with Crippen molar-refractivity contribution in [3.8, 4) is 0 Å². The van der Waals surface area contributed by atoms with E-state index in [-0.39, 0.29) is 19.6 Å². The molecule has 0 saturated carbocycles. The smallest absolute Gasteiger partial charge is 0.314 e. The zero-order valence-electron chi connectivity index (χ0n) is 14.9. The molecule has 0 fully saturated rings. The molecule has 3 atom stereocenters. The number of carbonyl (C=O) groups is 2. The number of aliphatic hydroxyl groups excluding tert-OH is 1. The molecule has 140 valence electrons. The van der Waals surface area contributed by atoms with E-state index in [1.165, 1.54) is 12.2 Å². The summed E-state index contributed by atoms with van der Waals surface area (Å²) in [4.78, 5) is 25.0. The van der Waals surface area contributed by atoms with Crippen molar-refractivity contribution in [2.75, 3.05) is 0 Å². The normalized spacial score (nSPS) is 21.4. The van der Waals surface area contributed by atoms with E-state index < -0.39 is 29.9 Å². The molecule has 0 spiro atoms. The number of esters is 2. The number of hydrogen-bond donors (Lipinski definition) is 1. The third kappa shape index (κ3) is 5.28. The maximum absolute atomic E-state index is 12.5. The standard InChI is InChI=1S/C22H22O5/c23-18-11-12-19(21(24)26-14-16-7-3-1-4-8-16)20(13-18)22(25)27-15-17-9-5-2-6-10-17/h1-12,18-20,23H,13-15H2/t18-,19+,20+/m0/s1. The van der Waals surface area contributed by atoms with Gasteiger partial charge in [0, 0.05) is 0 Å². The van der Waals surface area contributed by atoms with E-state index in [9.17, 15) is 14.7 Å². The second-order valence-corrected chi connectivity index (χ2v) is 6.51. The van der Waals surface area contributed by atoms with Crippen LogP contribution in [0.25, 0.3) is 0 Å². The van der Waals surface area contributed by atoms with Crippen molar-refractivity contribution >= 4 is 11.9 Å². The third-order valence-electron chi connectivity index (χ3n) is 4.49. The molecule has 2 aromatic carbocycles. The van der Waals surface area contributed by atoms with Crippen LogP contribution in [0.1, 0.15) is 17.5 Å². The van der Waals surface area contributed by atoms with Gasteiger partial charge in [-0.2, -0.15) is 0 Å². The van der Waals surface area contributed by atoms with Crippen molar-refractivity contribution in [3.05, 3.63) is 83.9 Å². The lowest BCUT2D eigenvalue weighted by Gasteiger charge is -2.27. The molecule has 5 nitrogen and oxygen atoms in total. The Morgan fingerprint density at radius 3 is 1.89 bits per heavy atom. The predicted molar refractivity (Wildman–Crippen MR) is 99.2 cm³/mol. The maximum Gasteiger partial charge on any atom is 0.314 e. The topological polar surface area (TPSA) is 72.8 Å². The van der Waals surface area contributed by atoms with Gasteiger partial charge in [-0.3, -0.25) is 9.59 Å². The fraction of sp³-hybridized carbons (Fsp3) is 0.273. The third-order valence-corrected chi connectivity index (χ3v) is 4.49. The summed E-state index contributed by atoms with van der Waals surface area (Å²) >= 11 is 0. The molecule has 1 aliphatic rings. The summed E-state index contributed by atoms with van der Waals surface area (Å²) < 4.78 is 10.7. The van der Waals surface area contributed by atoms with Gasteiger partial charge in [-0.15, -0.1) is 0 Å². The number of rotatable bonds is 6. The highest BCUT2D eigenvalue weighted by atomic mass is 16.5. The molecule has 0 amide bonds. The summed E-state index contributed by atoms with van der Waals surface area (Å²) in [6.07, 6.45) is 2.41. The molecule has 1 N–H and O–H groups in total.